The molecule has 0 spiro atoms. The van der Waals surface area contributed by atoms with Crippen molar-refractivity contribution in [3.05, 3.63) is 0 Å². The fourth-order valence-corrected chi connectivity index (χ4v) is 15.8. The van der Waals surface area contributed by atoms with E-state index >= 15 is 0 Å². The number of hydrogen-bond donors (Lipinski definition) is 16. The van der Waals surface area contributed by atoms with Crippen molar-refractivity contribution in [2.24, 2.45) is 0 Å². The highest BCUT2D eigenvalue weighted by Gasteiger charge is 2.60. The molecule has 40 heteroatoms. The van der Waals surface area contributed by atoms with Crippen LogP contribution in [0.2, 0.25) is 0 Å². The molecule has 30 aliphatic heterocycles. The maximum Gasteiger partial charge on any atom is 0.188 e. The van der Waals surface area contributed by atoms with Gasteiger partial charge in [-0.25, -0.2) is 0 Å². The first-order chi connectivity index (χ1) is 41.4. The van der Waals surface area contributed by atoms with Gasteiger partial charge in [-0.05, 0) is 0 Å². The Hall–Kier alpha value is 2.56. The summed E-state index contributed by atoms with van der Waals surface area (Å²) in [5, 5.41) is 182. The second kappa shape index (κ2) is 32.0. The van der Waals surface area contributed by atoms with Gasteiger partial charge in [0.05, 0.1) is 42.7 Å². The van der Waals surface area contributed by atoms with Crippen molar-refractivity contribution < 1.29 is 157 Å². The molecule has 16 N–H and O–H groups in total. The van der Waals surface area contributed by atoms with Gasteiger partial charge in [0.25, 0.3) is 0 Å². The zero-order valence-corrected chi connectivity index (χ0v) is 57.4. The van der Waals surface area contributed by atoms with Crippen LogP contribution in [0.4, 0.5) is 0 Å². The van der Waals surface area contributed by atoms with E-state index in [1.54, 1.807) is 0 Å². The lowest BCUT2D eigenvalue weighted by Crippen LogP contribution is -2.68. The summed E-state index contributed by atoms with van der Waals surface area (Å²) in [7, 11) is 0. The average molecular weight is 1790 g/mol. The first kappa shape index (κ1) is 73.8. The average Bonchev–Trinajstić information content (AvgIpc) is 1.03. The van der Waals surface area contributed by atoms with E-state index in [9.17, 15) is 81.7 Å². The molecule has 0 aromatic carbocycles. The summed E-state index contributed by atoms with van der Waals surface area (Å²) in [6.07, 6.45) is -66.6. The van der Waals surface area contributed by atoms with Crippen LogP contribution >= 0.6 is 127 Å². The lowest BCUT2D eigenvalue weighted by Gasteiger charge is -2.50. The molecule has 87 heavy (non-hydrogen) atoms. The Morgan fingerprint density at radius 3 is 0.448 bits per heavy atom. The fourth-order valence-electron chi connectivity index (χ4n) is 11.5. The summed E-state index contributed by atoms with van der Waals surface area (Å²) in [5.41, 5.74) is 0. The number of rotatable bonds is 7. The Morgan fingerprint density at radius 2 is 0.299 bits per heavy atom. The van der Waals surface area contributed by atoms with Crippen LogP contribution in [-0.4, -0.2) is 364 Å². The zero-order chi connectivity index (χ0) is 63.4. The highest BCUT2D eigenvalue weighted by Crippen LogP contribution is 2.41. The number of halogens is 8. The number of alkyl halides is 8. The molecule has 0 unspecified atom stereocenters. The Kier molecular flexibility index (Phi) is 27.2. The van der Waals surface area contributed by atoms with E-state index in [0.717, 1.165) is 0 Å². The van der Waals surface area contributed by atoms with E-state index in [0.29, 0.717) is 0 Å². The van der Waals surface area contributed by atoms with E-state index in [-0.39, 0.29) is 37.3 Å². The summed E-state index contributed by atoms with van der Waals surface area (Å²) in [6, 6.07) is 0. The van der Waals surface area contributed by atoms with E-state index in [1.807, 2.05) is 0 Å². The normalized spacial score (nSPS) is 55.9. The van der Waals surface area contributed by atoms with E-state index in [4.69, 9.17) is 75.8 Å². The monoisotopic (exact) mass is 1780 g/mol. The van der Waals surface area contributed by atoms with Crippen molar-refractivity contribution in [3.63, 3.8) is 0 Å². The van der Waals surface area contributed by atoms with Crippen LogP contribution < -0.4 is 0 Å². The summed E-state index contributed by atoms with van der Waals surface area (Å²) in [6.45, 7) is 0. The van der Waals surface area contributed by atoms with Gasteiger partial charge in [-0.15, -0.1) is 0 Å². The molecule has 0 radical (unpaired) electrons. The van der Waals surface area contributed by atoms with Gasteiger partial charge in [-0.2, -0.15) is 0 Å². The molecule has 30 heterocycles. The molecule has 30 aliphatic rings. The summed E-state index contributed by atoms with van der Waals surface area (Å²) >= 11 is 26.3. The van der Waals surface area contributed by atoms with Gasteiger partial charge in [0.1, 0.15) is 152 Å². The fraction of sp³-hybridized carbons (Fsp3) is 1.00. The van der Waals surface area contributed by atoms with Gasteiger partial charge < -0.3 is 157 Å². The highest BCUT2D eigenvalue weighted by atomic mass is 79.9. The van der Waals surface area contributed by atoms with Crippen molar-refractivity contribution in [2.75, 3.05) is 37.3 Å². The second-order valence-electron chi connectivity index (χ2n) is 21.9. The Bertz CT molecular complexity index is 2140. The standard InChI is InChI=1S/C47H70Br8O32/c48-1-8-31-15(56)23(64)40(72-8)80-32-9(2-49)74-42(25(66)17(32)58)82-34-11(4-51)76-44(27(68)19(34)60)84-36-13(6-53)78-46(29(70)21(36)62)86-38-22(63)30(71)47(87-39(38)55)85-37-14(7-54)77-45(28(69)20(37)61)83-35-12(5-52)75-43(26(67)18(35)59)81-33-10(3-50)73-41(79-31)24(65)16(33)57/h8-47,56-71H,1-7H2/t8-,9-,10-,11-,12-,13-,14-,15-,16-,17-,18-,19-,20-,21-,22-,23-,24-,25-,26-,27-,28-,29-,30-,31-,32-,33-,34-,35-,36-,37-,38+,39+,40-,41-,42-,43-,44-,45-,46-,47+/m1/s1. The molecule has 30 rings (SSSR count). The number of ether oxygens (including phenoxy) is 16. The quantitative estimate of drug-likeness (QED) is 0.105. The van der Waals surface area contributed by atoms with Crippen LogP contribution in [0.15, 0.2) is 0 Å². The second-order valence-corrected chi connectivity index (χ2v) is 27.3. The van der Waals surface area contributed by atoms with Gasteiger partial charge in [0, 0.05) is 37.3 Å². The molecular weight excluding hydrogens is 1720 g/mol. The van der Waals surface area contributed by atoms with Crippen LogP contribution in [0.5, 0.6) is 0 Å². The minimum atomic E-state index is -2.00. The number of aliphatic hydroxyl groups is 16. The van der Waals surface area contributed by atoms with E-state index in [1.165, 1.54) is 0 Å². The molecule has 0 aromatic heterocycles. The lowest BCUT2D eigenvalue weighted by atomic mass is 9.95. The van der Waals surface area contributed by atoms with Gasteiger partial charge in [0.15, 0.2) is 50.3 Å². The topological polar surface area (TPSA) is 471 Å². The van der Waals surface area contributed by atoms with E-state index in [2.05, 4.69) is 127 Å². The molecule has 0 aromatic rings. The highest BCUT2D eigenvalue weighted by molar-refractivity contribution is 9.10. The molecule has 506 valence electrons. The van der Waals surface area contributed by atoms with Crippen molar-refractivity contribution in [1.29, 1.82) is 0 Å². The molecular formula is C47H70Br8O32. The Balaban J connectivity index is 0.969. The summed E-state index contributed by atoms with van der Waals surface area (Å²) < 4.78 is 96.1. The van der Waals surface area contributed by atoms with Crippen LogP contribution in [0.3, 0.4) is 0 Å². The minimum Gasteiger partial charge on any atom is -0.387 e. The molecule has 30 saturated heterocycles. The minimum absolute atomic E-state index is 0.131. The van der Waals surface area contributed by atoms with Crippen molar-refractivity contribution in [2.45, 2.75) is 245 Å². The van der Waals surface area contributed by atoms with Gasteiger partial charge in [-0.1, -0.05) is 127 Å². The molecule has 40 atom stereocenters. The molecule has 0 aliphatic carbocycles. The SMILES string of the molecule is O[C@@H]1[C@@H](O)[C@H]2O[C@H]3[C@H](O)[C@@H](O)[C@@H](O[C@H]4[C@H](O)[C@@H](O)[C@@H](O[C@H]5[C@H](O)[C@@H](O)[C@@H](O[C@H]6[C@H](O)[C@@H](O)[C@@H](O[C@H]7[C@H](O)[C@@H](O)[C@@H](O[C@H]8[C@H](O)[C@@H](O)[C@@H](O[C@H]9[C@H](O)[C@@H](O)[C@@H](O[C@@H]1[C@@H](Br)O2)O[C@@H]9CBr)O[C@@H]8CBr)O[C@@H]7CBr)O[C@@H]6CBr)O[C@@H]5CBr)O[C@@H]4CBr)O[C@@H]3CBr. The molecule has 0 amide bonds. The zero-order valence-electron chi connectivity index (χ0n) is 44.8. The lowest BCUT2D eigenvalue weighted by molar-refractivity contribution is -0.394. The van der Waals surface area contributed by atoms with E-state index < -0.39 is 245 Å². The first-order valence-electron chi connectivity index (χ1n) is 27.3. The third kappa shape index (κ3) is 15.3. The van der Waals surface area contributed by atoms with Crippen molar-refractivity contribution in [1.82, 2.24) is 0 Å². The third-order valence-corrected chi connectivity index (χ3v) is 21.6. The molecule has 32 nitrogen and oxygen atoms in total. The van der Waals surface area contributed by atoms with Gasteiger partial charge in [0.2, 0.25) is 0 Å². The number of hydrogen-bond acceptors (Lipinski definition) is 32. The first-order valence-corrected chi connectivity index (χ1v) is 36.1. The van der Waals surface area contributed by atoms with Crippen LogP contribution in [0, 0.1) is 0 Å². The Morgan fingerprint density at radius 1 is 0.172 bits per heavy atom. The number of aliphatic hydroxyl groups excluding tert-OH is 16. The van der Waals surface area contributed by atoms with Gasteiger partial charge in [-0.3, -0.25) is 0 Å². The molecule has 0 saturated carbocycles. The third-order valence-electron chi connectivity index (χ3n) is 16.4. The van der Waals surface area contributed by atoms with Crippen LogP contribution in [-0.2, 0) is 75.8 Å². The maximum atomic E-state index is 11.6. The van der Waals surface area contributed by atoms with Gasteiger partial charge >= 0.3 is 0 Å². The maximum absolute atomic E-state index is 11.6. The summed E-state index contributed by atoms with van der Waals surface area (Å²) in [5.74, 6) is 0. The predicted octanol–water partition coefficient (Wildman–Crippen LogP) is -6.23. The van der Waals surface area contributed by atoms with Crippen LogP contribution in [0.25, 0.3) is 0 Å². The summed E-state index contributed by atoms with van der Waals surface area (Å²) in [4.78, 5) is 0. The van der Waals surface area contributed by atoms with Crippen molar-refractivity contribution in [3.8, 4) is 0 Å². The van der Waals surface area contributed by atoms with Crippen molar-refractivity contribution >= 4 is 127 Å². The molecule has 16 bridgehead atoms. The smallest absolute Gasteiger partial charge is 0.188 e. The Labute approximate surface area is 562 Å². The largest absolute Gasteiger partial charge is 0.387 e. The van der Waals surface area contributed by atoms with Crippen LogP contribution in [0.1, 0.15) is 0 Å². The predicted molar refractivity (Wildman–Crippen MR) is 310 cm³/mol. The molecule has 30 fully saturated rings.